The van der Waals surface area contributed by atoms with E-state index in [0.29, 0.717) is 42.5 Å². The molecular formula is C22H24FN7O2. The van der Waals surface area contributed by atoms with E-state index in [-0.39, 0.29) is 28.7 Å². The number of aromatic nitrogens is 3. The molecule has 1 aromatic carbocycles. The Hall–Kier alpha value is -3.71. The first-order chi connectivity index (χ1) is 15.5. The number of ether oxygens (including phenoxy) is 1. The fourth-order valence-electron chi connectivity index (χ4n) is 3.64. The molecule has 10 heteroatoms. The summed E-state index contributed by atoms with van der Waals surface area (Å²) in [6.45, 7) is 2.98. The normalized spacial score (nSPS) is 14.2. The molecule has 0 aliphatic heterocycles. The molecule has 0 spiro atoms. The smallest absolute Gasteiger partial charge is 0.170 e. The second-order valence-electron chi connectivity index (χ2n) is 7.89. The molecule has 0 saturated heterocycles. The number of hydrogen-bond donors (Lipinski definition) is 2. The van der Waals surface area contributed by atoms with Gasteiger partial charge in [0.1, 0.15) is 46.4 Å². The summed E-state index contributed by atoms with van der Waals surface area (Å²) < 4.78 is 22.2. The number of carbonyl (C=O) groups excluding carboxylic acids is 1. The third-order valence-corrected chi connectivity index (χ3v) is 5.36. The summed E-state index contributed by atoms with van der Waals surface area (Å²) in [7, 11) is 1.81. The molecule has 166 valence electrons. The fraction of sp³-hybridized carbons (Fsp3) is 0.364. The van der Waals surface area contributed by atoms with E-state index in [2.05, 4.69) is 15.4 Å². The van der Waals surface area contributed by atoms with E-state index in [1.54, 1.807) is 17.2 Å². The van der Waals surface area contributed by atoms with Crippen LogP contribution in [0.4, 0.5) is 21.7 Å². The number of nitrogens with one attached hydrogen (secondary N) is 1. The maximum absolute atomic E-state index is 14.7. The number of hydrogen-bond acceptors (Lipinski definition) is 8. The van der Waals surface area contributed by atoms with Crippen molar-refractivity contribution in [1.82, 2.24) is 19.9 Å². The van der Waals surface area contributed by atoms with E-state index < -0.39 is 5.82 Å². The van der Waals surface area contributed by atoms with E-state index in [0.717, 1.165) is 12.8 Å². The van der Waals surface area contributed by atoms with Crippen molar-refractivity contribution in [3.8, 4) is 11.8 Å². The molecule has 1 atom stereocenters. The van der Waals surface area contributed by atoms with Crippen LogP contribution in [0.25, 0.3) is 5.65 Å². The van der Waals surface area contributed by atoms with Gasteiger partial charge < -0.3 is 20.7 Å². The van der Waals surface area contributed by atoms with Crippen LogP contribution in [-0.4, -0.2) is 47.1 Å². The molecule has 1 saturated carbocycles. The highest BCUT2D eigenvalue weighted by atomic mass is 19.1. The molecule has 32 heavy (non-hydrogen) atoms. The molecule has 1 aliphatic carbocycles. The number of nitriles is 1. The van der Waals surface area contributed by atoms with Crippen molar-refractivity contribution in [1.29, 1.82) is 5.26 Å². The maximum Gasteiger partial charge on any atom is 0.170 e. The Morgan fingerprint density at radius 2 is 2.25 bits per heavy atom. The first-order valence-corrected chi connectivity index (χ1v) is 10.4. The van der Waals surface area contributed by atoms with Gasteiger partial charge in [0.05, 0.1) is 0 Å². The molecule has 3 N–H and O–H groups in total. The first-order valence-electron chi connectivity index (χ1n) is 10.4. The number of halogens is 1. The lowest BCUT2D eigenvalue weighted by molar-refractivity contribution is 0.112. The van der Waals surface area contributed by atoms with E-state index in [9.17, 15) is 14.4 Å². The molecule has 1 aliphatic rings. The molecule has 0 radical (unpaired) electrons. The Balaban J connectivity index is 1.88. The van der Waals surface area contributed by atoms with Crippen molar-refractivity contribution >= 4 is 29.3 Å². The number of aldehydes is 1. The van der Waals surface area contributed by atoms with Gasteiger partial charge in [-0.05, 0) is 50.9 Å². The van der Waals surface area contributed by atoms with Gasteiger partial charge in [-0.25, -0.2) is 13.9 Å². The summed E-state index contributed by atoms with van der Waals surface area (Å²) in [5, 5.41) is 16.9. The van der Waals surface area contributed by atoms with Crippen molar-refractivity contribution in [2.24, 2.45) is 5.92 Å². The second kappa shape index (κ2) is 8.80. The summed E-state index contributed by atoms with van der Waals surface area (Å²) in [5.74, 6) is 0.648. The summed E-state index contributed by atoms with van der Waals surface area (Å²) in [6.07, 6.45) is 4.08. The van der Waals surface area contributed by atoms with Crippen LogP contribution in [0.1, 0.15) is 35.7 Å². The predicted octanol–water partition coefficient (Wildman–Crippen LogP) is 2.67. The number of benzene rings is 1. The number of fused-ring (bicyclic) bond motifs is 1. The molecule has 2 heterocycles. The monoisotopic (exact) mass is 437 g/mol. The Kier molecular flexibility index (Phi) is 5.92. The van der Waals surface area contributed by atoms with Crippen LogP contribution in [0.3, 0.4) is 0 Å². The van der Waals surface area contributed by atoms with E-state index in [1.807, 2.05) is 20.0 Å². The van der Waals surface area contributed by atoms with Gasteiger partial charge in [0.2, 0.25) is 0 Å². The molecule has 0 amide bonds. The number of carbonyl (C=O) groups is 1. The zero-order valence-corrected chi connectivity index (χ0v) is 17.9. The van der Waals surface area contributed by atoms with Gasteiger partial charge in [0, 0.05) is 19.3 Å². The highest BCUT2D eigenvalue weighted by Crippen LogP contribution is 2.41. The van der Waals surface area contributed by atoms with E-state index in [1.165, 1.54) is 16.6 Å². The van der Waals surface area contributed by atoms with Gasteiger partial charge >= 0.3 is 0 Å². The van der Waals surface area contributed by atoms with Gasteiger partial charge in [-0.2, -0.15) is 5.26 Å². The van der Waals surface area contributed by atoms with Gasteiger partial charge in [0.15, 0.2) is 17.8 Å². The Morgan fingerprint density at radius 3 is 2.91 bits per heavy atom. The first kappa shape index (κ1) is 21.5. The highest BCUT2D eigenvalue weighted by molar-refractivity contribution is 5.91. The number of nitrogens with two attached hydrogens (primary N) is 1. The molecule has 9 nitrogen and oxygen atoms in total. The summed E-state index contributed by atoms with van der Waals surface area (Å²) in [5.41, 5.74) is 6.49. The fourth-order valence-corrected chi connectivity index (χ4v) is 3.64. The standard InChI is InChI=1S/C22H24FN7O2/c1-13(10-26-2)32-18-6-5-17(23)15(9-24)20(18)29(11-14-3-4-14)19-7-8-30-22(27-19)16(12-31)21(25)28-30/h5-8,12-14,26H,3-4,10-11H2,1-2H3,(H2,25,28). The molecule has 1 fully saturated rings. The Bertz CT molecular complexity index is 1200. The number of rotatable bonds is 9. The number of anilines is 3. The molecule has 3 aromatic rings. The van der Waals surface area contributed by atoms with Crippen molar-refractivity contribution in [3.63, 3.8) is 0 Å². The van der Waals surface area contributed by atoms with E-state index in [4.69, 9.17) is 10.5 Å². The topological polar surface area (TPSA) is 122 Å². The van der Waals surface area contributed by atoms with Crippen LogP contribution in [0, 0.1) is 23.1 Å². The van der Waals surface area contributed by atoms with Gasteiger partial charge in [-0.15, -0.1) is 5.10 Å². The van der Waals surface area contributed by atoms with Crippen LogP contribution in [0.15, 0.2) is 24.4 Å². The largest absolute Gasteiger partial charge is 0.487 e. The van der Waals surface area contributed by atoms with Gasteiger partial charge in [-0.1, -0.05) is 0 Å². The van der Waals surface area contributed by atoms with Crippen molar-refractivity contribution in [2.45, 2.75) is 25.9 Å². The van der Waals surface area contributed by atoms with Crippen molar-refractivity contribution in [3.05, 3.63) is 41.3 Å². The van der Waals surface area contributed by atoms with Crippen LogP contribution in [-0.2, 0) is 0 Å². The third kappa shape index (κ3) is 4.07. The SMILES string of the molecule is CNCC(C)Oc1ccc(F)c(C#N)c1N(CC1CC1)c1ccn2nc(N)c(C=O)c2n1. The average Bonchev–Trinajstić information content (AvgIpc) is 3.53. The minimum Gasteiger partial charge on any atom is -0.487 e. The second-order valence-corrected chi connectivity index (χ2v) is 7.89. The van der Waals surface area contributed by atoms with Crippen LogP contribution in [0.5, 0.6) is 5.75 Å². The average molecular weight is 437 g/mol. The molecule has 2 aromatic heterocycles. The zero-order valence-electron chi connectivity index (χ0n) is 17.9. The molecule has 4 rings (SSSR count). The predicted molar refractivity (Wildman–Crippen MR) is 118 cm³/mol. The molecule has 0 bridgehead atoms. The lowest BCUT2D eigenvalue weighted by Gasteiger charge is -2.28. The third-order valence-electron chi connectivity index (χ3n) is 5.36. The van der Waals surface area contributed by atoms with Crippen LogP contribution < -0.4 is 20.7 Å². The van der Waals surface area contributed by atoms with Crippen molar-refractivity contribution < 1.29 is 13.9 Å². The summed E-state index contributed by atoms with van der Waals surface area (Å²) in [4.78, 5) is 17.9. The lowest BCUT2D eigenvalue weighted by Crippen LogP contribution is -2.28. The Labute approximate surface area is 184 Å². The summed E-state index contributed by atoms with van der Waals surface area (Å²) >= 11 is 0. The Morgan fingerprint density at radius 1 is 1.47 bits per heavy atom. The molecule has 1 unspecified atom stereocenters. The minimum absolute atomic E-state index is 0.0757. The molecular weight excluding hydrogens is 413 g/mol. The zero-order chi connectivity index (χ0) is 22.8. The highest BCUT2D eigenvalue weighted by Gasteiger charge is 2.31. The number of nitrogens with zero attached hydrogens (tertiary/aromatic N) is 5. The van der Waals surface area contributed by atoms with Crippen LogP contribution >= 0.6 is 0 Å². The summed E-state index contributed by atoms with van der Waals surface area (Å²) in [6, 6.07) is 6.45. The number of likely N-dealkylation sites (N-methyl/N-ethyl adjacent to an activating group) is 1. The maximum atomic E-state index is 14.7. The van der Waals surface area contributed by atoms with Gasteiger partial charge in [0.25, 0.3) is 0 Å². The number of nitrogen functional groups attached to an aromatic ring is 1. The minimum atomic E-state index is -0.639. The van der Waals surface area contributed by atoms with E-state index >= 15 is 0 Å². The quantitative estimate of drug-likeness (QED) is 0.490. The lowest BCUT2D eigenvalue weighted by atomic mass is 10.1. The van der Waals surface area contributed by atoms with Crippen LogP contribution in [0.2, 0.25) is 0 Å². The van der Waals surface area contributed by atoms with Gasteiger partial charge in [-0.3, -0.25) is 4.79 Å². The van der Waals surface area contributed by atoms with Crippen molar-refractivity contribution in [2.75, 3.05) is 30.8 Å².